The molecule has 1 N–H and O–H groups in total. The Labute approximate surface area is 215 Å². The van der Waals surface area contributed by atoms with Gasteiger partial charge in [0.05, 0.1) is 0 Å². The molecule has 4 aromatic rings. The predicted molar refractivity (Wildman–Crippen MR) is 147 cm³/mol. The first-order valence-corrected chi connectivity index (χ1v) is 15.0. The van der Waals surface area contributed by atoms with Crippen molar-refractivity contribution in [2.75, 3.05) is 0 Å². The van der Waals surface area contributed by atoms with E-state index in [1.54, 1.807) is 0 Å². The van der Waals surface area contributed by atoms with Crippen molar-refractivity contribution in [3.05, 3.63) is 108 Å². The van der Waals surface area contributed by atoms with E-state index in [2.05, 4.69) is 78.6 Å². The lowest BCUT2D eigenvalue weighted by atomic mass is 9.86. The molecule has 0 bridgehead atoms. The number of hydrogen-bond donors (Lipinski definition) is 1. The van der Waals surface area contributed by atoms with E-state index in [9.17, 15) is 4.80 Å². The first kappa shape index (κ1) is 24.7. The quantitative estimate of drug-likeness (QED) is 0.291. The van der Waals surface area contributed by atoms with Crippen molar-refractivity contribution in [3.8, 4) is 0 Å². The molecule has 0 aliphatic heterocycles. The van der Waals surface area contributed by atoms with E-state index in [-0.39, 0.29) is 10.5 Å². The molecule has 5 rings (SSSR count). The van der Waals surface area contributed by atoms with Crippen LogP contribution in [0.4, 0.5) is 0 Å². The van der Waals surface area contributed by atoms with Gasteiger partial charge in [-0.05, 0) is 58.0 Å². The Bertz CT molecular complexity index is 1230. The van der Waals surface area contributed by atoms with Crippen LogP contribution in [-0.4, -0.2) is 23.3 Å². The van der Waals surface area contributed by atoms with Gasteiger partial charge in [-0.25, -0.2) is 0 Å². The van der Waals surface area contributed by atoms with Gasteiger partial charge in [0, 0.05) is 13.3 Å². The molecule has 1 saturated carbocycles. The number of hydrogen-bond acceptors (Lipinski definition) is 4. The number of nitrogens with zero attached hydrogens (tertiary/aromatic N) is 2. The third-order valence-corrected chi connectivity index (χ3v) is 13.0. The van der Waals surface area contributed by atoms with Crippen LogP contribution in [0.1, 0.15) is 56.9 Å². The van der Waals surface area contributed by atoms with Crippen molar-refractivity contribution in [3.63, 3.8) is 0 Å². The van der Waals surface area contributed by atoms with Crippen molar-refractivity contribution in [1.29, 1.82) is 0 Å². The maximum Gasteiger partial charge on any atom is 0.258 e. The van der Waals surface area contributed by atoms with Crippen LogP contribution in [0.3, 0.4) is 0 Å². The van der Waals surface area contributed by atoms with Crippen molar-refractivity contribution in [2.24, 2.45) is 5.92 Å². The standard InChI is InChI=1S/C31H36N2O2Si/c1-24-32-33-29(35-24)20-22-31(25-13-7-4-8-14-25)23-26(31)19-21-30(2,3)36(34,27-15-9-5-10-16-27)28-17-11-6-12-18-28/h4-18,26,34H,19-23H2,1-3H3. The Kier molecular flexibility index (Phi) is 6.71. The van der Waals surface area contributed by atoms with E-state index in [0.29, 0.717) is 11.8 Å². The predicted octanol–water partition coefficient (Wildman–Crippen LogP) is 5.58. The monoisotopic (exact) mass is 496 g/mol. The van der Waals surface area contributed by atoms with Gasteiger partial charge in [0.15, 0.2) is 0 Å². The second-order valence-electron chi connectivity index (χ2n) is 11.0. The Morgan fingerprint density at radius 2 is 1.44 bits per heavy atom. The van der Waals surface area contributed by atoms with Gasteiger partial charge < -0.3 is 9.21 Å². The van der Waals surface area contributed by atoms with Crippen LogP contribution in [0.15, 0.2) is 95.4 Å². The molecule has 36 heavy (non-hydrogen) atoms. The zero-order chi connectivity index (χ0) is 25.2. The number of aromatic nitrogens is 2. The second kappa shape index (κ2) is 9.79. The molecule has 1 aliphatic rings. The van der Waals surface area contributed by atoms with Crippen LogP contribution >= 0.6 is 0 Å². The molecule has 186 valence electrons. The van der Waals surface area contributed by atoms with Gasteiger partial charge in [0.25, 0.3) is 8.32 Å². The van der Waals surface area contributed by atoms with E-state index in [4.69, 9.17) is 4.42 Å². The number of rotatable bonds is 10. The lowest BCUT2D eigenvalue weighted by molar-refractivity contribution is 0.416. The molecule has 0 amide bonds. The van der Waals surface area contributed by atoms with Crippen molar-refractivity contribution < 1.29 is 9.21 Å². The van der Waals surface area contributed by atoms with E-state index in [1.165, 1.54) is 5.56 Å². The van der Waals surface area contributed by atoms with E-state index < -0.39 is 8.32 Å². The Morgan fingerprint density at radius 3 is 1.97 bits per heavy atom. The van der Waals surface area contributed by atoms with Gasteiger partial charge in [-0.15, -0.1) is 10.2 Å². The minimum Gasteiger partial charge on any atom is -0.426 e. The molecule has 1 aliphatic carbocycles. The fraction of sp³-hybridized carbons (Fsp3) is 0.355. The highest BCUT2D eigenvalue weighted by atomic mass is 28.4. The largest absolute Gasteiger partial charge is 0.426 e. The summed E-state index contributed by atoms with van der Waals surface area (Å²) in [5, 5.41) is 10.2. The Morgan fingerprint density at radius 1 is 0.889 bits per heavy atom. The maximum absolute atomic E-state index is 12.5. The van der Waals surface area contributed by atoms with Gasteiger partial charge in [0.1, 0.15) is 0 Å². The molecule has 0 radical (unpaired) electrons. The van der Waals surface area contributed by atoms with Crippen molar-refractivity contribution in [1.82, 2.24) is 10.2 Å². The zero-order valence-corrected chi connectivity index (χ0v) is 22.5. The molecule has 0 spiro atoms. The highest BCUT2D eigenvalue weighted by molar-refractivity contribution is 6.98. The summed E-state index contributed by atoms with van der Waals surface area (Å²) < 4.78 is 5.68. The lowest BCUT2D eigenvalue weighted by Gasteiger charge is -2.41. The van der Waals surface area contributed by atoms with Crippen LogP contribution in [0.25, 0.3) is 0 Å². The van der Waals surface area contributed by atoms with Gasteiger partial charge in [-0.3, -0.25) is 0 Å². The topological polar surface area (TPSA) is 59.2 Å². The smallest absolute Gasteiger partial charge is 0.258 e. The summed E-state index contributed by atoms with van der Waals surface area (Å²) >= 11 is 0. The van der Waals surface area contributed by atoms with E-state index >= 15 is 0 Å². The first-order chi connectivity index (χ1) is 17.3. The van der Waals surface area contributed by atoms with Crippen LogP contribution in [-0.2, 0) is 11.8 Å². The van der Waals surface area contributed by atoms with Gasteiger partial charge >= 0.3 is 0 Å². The fourth-order valence-electron chi connectivity index (χ4n) is 6.12. The minimum absolute atomic E-state index is 0.138. The average molecular weight is 497 g/mol. The zero-order valence-electron chi connectivity index (χ0n) is 21.5. The summed E-state index contributed by atoms with van der Waals surface area (Å²) in [5.41, 5.74) is 1.54. The van der Waals surface area contributed by atoms with Crippen LogP contribution in [0.5, 0.6) is 0 Å². The van der Waals surface area contributed by atoms with E-state index in [0.717, 1.165) is 48.4 Å². The van der Waals surface area contributed by atoms with Crippen molar-refractivity contribution in [2.45, 2.75) is 63.3 Å². The maximum atomic E-state index is 12.5. The molecule has 2 atom stereocenters. The third kappa shape index (κ3) is 4.58. The van der Waals surface area contributed by atoms with Crippen LogP contribution < -0.4 is 10.4 Å². The fourth-order valence-corrected chi connectivity index (χ4v) is 9.88. The lowest BCUT2D eigenvalue weighted by Crippen LogP contribution is -2.65. The average Bonchev–Trinajstić information content (AvgIpc) is 3.49. The molecule has 3 aromatic carbocycles. The molecular weight excluding hydrogens is 460 g/mol. The number of aryl methyl sites for hydroxylation is 2. The molecule has 0 saturated heterocycles. The molecule has 5 heteroatoms. The van der Waals surface area contributed by atoms with Crippen LogP contribution in [0, 0.1) is 12.8 Å². The van der Waals surface area contributed by atoms with Gasteiger partial charge in [0.2, 0.25) is 11.8 Å². The molecule has 1 fully saturated rings. The number of benzene rings is 3. The molecule has 1 heterocycles. The van der Waals surface area contributed by atoms with Crippen molar-refractivity contribution >= 4 is 18.7 Å². The summed E-state index contributed by atoms with van der Waals surface area (Å²) in [6, 6.07) is 31.6. The SMILES string of the molecule is Cc1nnc(CCC2(c3ccccc3)CC2CCC(C)(C)[Si](O)(c2ccccc2)c2ccccc2)o1. The Balaban J connectivity index is 1.38. The molecule has 1 aromatic heterocycles. The van der Waals surface area contributed by atoms with Gasteiger partial charge in [-0.1, -0.05) is 105 Å². The van der Waals surface area contributed by atoms with E-state index in [1.807, 2.05) is 43.3 Å². The molecular formula is C31H36N2O2Si. The van der Waals surface area contributed by atoms with Crippen LogP contribution in [0.2, 0.25) is 5.04 Å². The minimum atomic E-state index is -3.00. The molecule has 2 unspecified atom stereocenters. The molecule has 4 nitrogen and oxygen atoms in total. The van der Waals surface area contributed by atoms with Gasteiger partial charge in [-0.2, -0.15) is 0 Å². The Hall–Kier alpha value is -3.02. The summed E-state index contributed by atoms with van der Waals surface area (Å²) in [5.74, 6) is 1.93. The summed E-state index contributed by atoms with van der Waals surface area (Å²) in [6.45, 7) is 6.38. The summed E-state index contributed by atoms with van der Waals surface area (Å²) in [7, 11) is -3.00. The highest BCUT2D eigenvalue weighted by Gasteiger charge is 2.56. The highest BCUT2D eigenvalue weighted by Crippen LogP contribution is 2.60. The second-order valence-corrected chi connectivity index (χ2v) is 14.9. The normalized spacial score (nSPS) is 19.8. The summed E-state index contributed by atoms with van der Waals surface area (Å²) in [6.07, 6.45) is 5.01. The summed E-state index contributed by atoms with van der Waals surface area (Å²) in [4.78, 5) is 12.5. The first-order valence-electron chi connectivity index (χ1n) is 13.0. The third-order valence-electron chi connectivity index (χ3n) is 8.41.